The molecule has 0 unspecified atom stereocenters. The van der Waals surface area contributed by atoms with Crippen LogP contribution in [0.2, 0.25) is 0 Å². The minimum absolute atomic E-state index is 0. The number of fused-ring (bicyclic) bond motifs is 2. The molecule has 4 heterocycles. The summed E-state index contributed by atoms with van der Waals surface area (Å²) >= 11 is 0. The van der Waals surface area contributed by atoms with Crippen LogP contribution in [0.3, 0.4) is 0 Å². The van der Waals surface area contributed by atoms with E-state index in [2.05, 4.69) is 101 Å². The second-order valence-electron chi connectivity index (χ2n) is 16.4. The fraction of sp³-hybridized carbons (Fsp3) is 0.185. The fourth-order valence-corrected chi connectivity index (χ4v) is 7.56. The molecule has 0 radical (unpaired) electrons. The largest absolute Gasteiger partial charge is 0.494 e. The van der Waals surface area contributed by atoms with E-state index in [9.17, 15) is 9.59 Å². The van der Waals surface area contributed by atoms with Crippen LogP contribution in [0.4, 0.5) is 11.4 Å². The summed E-state index contributed by atoms with van der Waals surface area (Å²) in [5.41, 5.74) is 11.7. The third-order valence-electron chi connectivity index (χ3n) is 11.3. The van der Waals surface area contributed by atoms with Gasteiger partial charge >= 0.3 is 0 Å². The van der Waals surface area contributed by atoms with Gasteiger partial charge in [0.05, 0.1) is 37.2 Å². The van der Waals surface area contributed by atoms with Gasteiger partial charge in [-0.15, -0.1) is 20.4 Å². The van der Waals surface area contributed by atoms with Crippen molar-refractivity contribution in [3.63, 3.8) is 0 Å². The topological polar surface area (TPSA) is 262 Å². The second-order valence-corrected chi connectivity index (χ2v) is 16.4. The van der Waals surface area contributed by atoms with Crippen molar-refractivity contribution in [2.45, 2.75) is 51.7 Å². The highest BCUT2D eigenvalue weighted by molar-refractivity contribution is 5.89. The molecule has 6 N–H and O–H groups in total. The van der Waals surface area contributed by atoms with E-state index in [1.807, 2.05) is 60.7 Å². The number of benzene rings is 6. The first-order valence-corrected chi connectivity index (χ1v) is 23.4. The quantitative estimate of drug-likeness (QED) is 0.0364. The van der Waals surface area contributed by atoms with E-state index < -0.39 is 0 Å². The molecule has 73 heavy (non-hydrogen) atoms. The van der Waals surface area contributed by atoms with Crippen molar-refractivity contribution in [1.82, 2.24) is 41.2 Å². The van der Waals surface area contributed by atoms with Gasteiger partial charge in [0.1, 0.15) is 22.9 Å². The van der Waals surface area contributed by atoms with Gasteiger partial charge < -0.3 is 23.8 Å². The Morgan fingerprint density at radius 1 is 0.466 bits per heavy atom. The highest BCUT2D eigenvalue weighted by Crippen LogP contribution is 2.27. The molecule has 0 saturated carbocycles. The predicted molar refractivity (Wildman–Crippen MR) is 274 cm³/mol. The maximum absolute atomic E-state index is 12.5. The average Bonchev–Trinajstić information content (AvgIpc) is 4.18. The summed E-state index contributed by atoms with van der Waals surface area (Å²) in [5, 5.41) is 28.0. The zero-order valence-corrected chi connectivity index (χ0v) is 39.5. The number of hydrogen-bond donors (Lipinski definition) is 4. The molecule has 19 nitrogen and oxygen atoms in total. The Balaban J connectivity index is 0.000000192. The van der Waals surface area contributed by atoms with E-state index >= 15 is 0 Å². The Hall–Kier alpha value is -9.04. The summed E-state index contributed by atoms with van der Waals surface area (Å²) in [4.78, 5) is 36.4. The maximum atomic E-state index is 12.5. The Kier molecular flexibility index (Phi) is 17.7. The van der Waals surface area contributed by atoms with Crippen LogP contribution in [-0.4, -0.2) is 59.9 Å². The number of aromatic amines is 2. The number of unbranched alkanes of at least 4 members (excludes halogenated alkanes) is 2. The first-order chi connectivity index (χ1) is 35.5. The number of hydrogen-bond acceptors (Lipinski definition) is 16. The Morgan fingerprint density at radius 3 is 1.29 bits per heavy atom. The molecular weight excluding hydrogens is 933 g/mol. The van der Waals surface area contributed by atoms with Crippen LogP contribution >= 0.6 is 0 Å². The smallest absolute Gasteiger partial charge is 0.239 e. The van der Waals surface area contributed by atoms with Gasteiger partial charge in [0, 0.05) is 12.1 Å². The second kappa shape index (κ2) is 25.7. The lowest BCUT2D eigenvalue weighted by molar-refractivity contribution is 0.180. The number of nitrogens with zero attached hydrogens (tertiary/aromatic N) is 6. The molecule has 0 saturated heterocycles. The van der Waals surface area contributed by atoms with E-state index in [4.69, 9.17) is 28.0 Å². The van der Waals surface area contributed by atoms with Crippen molar-refractivity contribution in [1.29, 1.82) is 0 Å². The van der Waals surface area contributed by atoms with Gasteiger partial charge in [0.25, 0.3) is 0 Å². The normalized spacial score (nSPS) is 10.8. The summed E-state index contributed by atoms with van der Waals surface area (Å²) in [7, 11) is 0. The van der Waals surface area contributed by atoms with Crippen LogP contribution in [0.15, 0.2) is 176 Å². The van der Waals surface area contributed by atoms with Crippen molar-refractivity contribution in [2.75, 3.05) is 24.2 Å². The minimum Gasteiger partial charge on any atom is -0.494 e. The predicted octanol–water partition coefficient (Wildman–Crippen LogP) is 9.01. The summed E-state index contributed by atoms with van der Waals surface area (Å²) < 4.78 is 23.5. The first kappa shape index (κ1) is 50.4. The molecule has 0 atom stereocenters. The molecule has 0 aliphatic heterocycles. The Morgan fingerprint density at radius 2 is 0.890 bits per heavy atom. The monoisotopic (exact) mass is 984 g/mol. The van der Waals surface area contributed by atoms with E-state index in [0.717, 1.165) is 61.2 Å². The van der Waals surface area contributed by atoms with Crippen LogP contribution in [0.25, 0.3) is 45.1 Å². The van der Waals surface area contributed by atoms with Crippen molar-refractivity contribution in [3.05, 3.63) is 200 Å². The number of ether oxygens (including phenoxy) is 2. The fourth-order valence-electron chi connectivity index (χ4n) is 7.56. The van der Waals surface area contributed by atoms with Crippen LogP contribution in [0, 0.1) is 0 Å². The van der Waals surface area contributed by atoms with Gasteiger partial charge in [0.2, 0.25) is 11.6 Å². The number of rotatable bonds is 22. The minimum atomic E-state index is -0.213. The highest BCUT2D eigenvalue weighted by atomic mass is 16.6. The third kappa shape index (κ3) is 14.1. The maximum Gasteiger partial charge on any atom is 0.239 e. The number of aromatic nitrogens is 8. The molecule has 19 heteroatoms. The zero-order valence-electron chi connectivity index (χ0n) is 39.5. The van der Waals surface area contributed by atoms with Gasteiger partial charge in [-0.1, -0.05) is 97.1 Å². The molecule has 10 aromatic rings. The number of tetrazole rings is 2. The number of nitrogens with one attached hydrogen (secondary N) is 4. The van der Waals surface area contributed by atoms with Gasteiger partial charge in [0.15, 0.2) is 33.5 Å². The molecular formula is C54H52N10O9. The SMILES string of the molecule is O.O=c1cc(-c2nn[nH]n2)oc2c(NOCc3ccc(OCCCCc4ccccc4)cc3)cccc12.O=c1cc(-c2nn[nH]n2)oc2c(NOCc3ccc(OCCCCc4ccccc4)cc3)cccc12. The lowest BCUT2D eigenvalue weighted by Gasteiger charge is -2.10. The number of H-pyrrole nitrogens is 2. The summed E-state index contributed by atoms with van der Waals surface area (Å²) in [6.45, 7) is 1.98. The molecule has 0 spiro atoms. The molecule has 0 bridgehead atoms. The van der Waals surface area contributed by atoms with Gasteiger partial charge in [-0.2, -0.15) is 10.4 Å². The van der Waals surface area contributed by atoms with E-state index in [1.54, 1.807) is 36.4 Å². The molecule has 4 aromatic heterocycles. The van der Waals surface area contributed by atoms with Crippen molar-refractivity contribution in [2.24, 2.45) is 0 Å². The molecule has 10 rings (SSSR count). The number of para-hydroxylation sites is 2. The molecule has 0 aliphatic carbocycles. The van der Waals surface area contributed by atoms with Gasteiger partial charge in [-0.25, -0.2) is 0 Å². The van der Waals surface area contributed by atoms with Crippen molar-refractivity contribution in [3.8, 4) is 34.7 Å². The summed E-state index contributed by atoms with van der Waals surface area (Å²) in [6.07, 6.45) is 6.30. The van der Waals surface area contributed by atoms with Crippen LogP contribution in [0.5, 0.6) is 11.5 Å². The van der Waals surface area contributed by atoms with Gasteiger partial charge in [-0.3, -0.25) is 30.2 Å². The molecule has 0 amide bonds. The standard InChI is InChI=1S/2C27H25N5O4.H2O/c2*33-24-17-25(27-28-31-32-29-27)36-26-22(24)10-6-11-23(26)30-35-18-20-12-14-21(15-13-20)34-16-5-4-9-19-7-2-1-3-8-19;/h2*1-3,6-8,10-15,17,30H,4-5,9,16,18H2,(H,28,29,31,32);1H2. The van der Waals surface area contributed by atoms with Crippen LogP contribution < -0.4 is 31.3 Å². The van der Waals surface area contributed by atoms with Crippen molar-refractivity contribution >= 4 is 33.3 Å². The van der Waals surface area contributed by atoms with Gasteiger partial charge in [-0.05, 0) is 120 Å². The molecule has 372 valence electrons. The summed E-state index contributed by atoms with van der Waals surface area (Å²) in [5.74, 6) is 2.48. The zero-order chi connectivity index (χ0) is 49.2. The number of anilines is 2. The van der Waals surface area contributed by atoms with Crippen LogP contribution in [-0.2, 0) is 35.7 Å². The highest BCUT2D eigenvalue weighted by Gasteiger charge is 2.15. The lowest BCUT2D eigenvalue weighted by atomic mass is 10.1. The van der Waals surface area contributed by atoms with Crippen LogP contribution in [0.1, 0.15) is 47.9 Å². The third-order valence-corrected chi connectivity index (χ3v) is 11.3. The van der Waals surface area contributed by atoms with Crippen molar-refractivity contribution < 1.29 is 33.5 Å². The molecule has 0 aliphatic rings. The number of aryl methyl sites for hydroxylation is 2. The first-order valence-electron chi connectivity index (χ1n) is 23.4. The van der Waals surface area contributed by atoms with E-state index in [-0.39, 0.29) is 39.5 Å². The Bertz CT molecular complexity index is 3130. The van der Waals surface area contributed by atoms with E-state index in [0.29, 0.717) is 59.7 Å². The lowest BCUT2D eigenvalue weighted by Crippen LogP contribution is -2.06. The summed E-state index contributed by atoms with van der Waals surface area (Å²) in [6, 6.07) is 49.6. The van der Waals surface area contributed by atoms with E-state index in [1.165, 1.54) is 23.3 Å². The molecule has 6 aromatic carbocycles. The Labute approximate surface area is 417 Å². The average molecular weight is 985 g/mol. The molecule has 0 fully saturated rings.